The van der Waals surface area contributed by atoms with Crippen molar-refractivity contribution < 1.29 is 23.2 Å². The number of amides is 1. The molecule has 2 aromatic heterocycles. The Morgan fingerprint density at radius 1 is 1.19 bits per heavy atom. The van der Waals surface area contributed by atoms with E-state index >= 15 is 0 Å². The zero-order valence-corrected chi connectivity index (χ0v) is 18.5. The molecule has 6 nitrogen and oxygen atoms in total. The first kappa shape index (κ1) is 20.3. The van der Waals surface area contributed by atoms with Crippen LogP contribution in [0.2, 0.25) is 0 Å². The first-order valence-corrected chi connectivity index (χ1v) is 12.2. The molecule has 4 heterocycles. The fourth-order valence-corrected chi connectivity index (χ4v) is 6.68. The molecule has 1 unspecified atom stereocenters. The van der Waals surface area contributed by atoms with E-state index in [1.165, 1.54) is 17.7 Å². The summed E-state index contributed by atoms with van der Waals surface area (Å²) in [6.07, 6.45) is 3.94. The van der Waals surface area contributed by atoms with Gasteiger partial charge >= 0.3 is 0 Å². The summed E-state index contributed by atoms with van der Waals surface area (Å²) in [5, 5.41) is 7.17. The summed E-state index contributed by atoms with van der Waals surface area (Å²) in [6.45, 7) is 2.52. The number of aryl methyl sites for hydroxylation is 1. The first-order chi connectivity index (χ1) is 15.6. The summed E-state index contributed by atoms with van der Waals surface area (Å²) >= 11 is 1.67. The van der Waals surface area contributed by atoms with Crippen LogP contribution < -0.4 is 0 Å². The second-order valence-corrected chi connectivity index (χ2v) is 9.86. The molecule has 3 aliphatic rings. The van der Waals surface area contributed by atoms with Crippen molar-refractivity contribution >= 4 is 28.2 Å². The van der Waals surface area contributed by atoms with Gasteiger partial charge < -0.3 is 18.9 Å². The van der Waals surface area contributed by atoms with Gasteiger partial charge in [-0.25, -0.2) is 4.39 Å². The van der Waals surface area contributed by atoms with Crippen molar-refractivity contribution in [2.75, 3.05) is 26.3 Å². The minimum absolute atomic E-state index is 0.0377. The zero-order chi connectivity index (χ0) is 21.7. The Kier molecular flexibility index (Phi) is 5.04. The SMILES string of the molecule is O=C(CC1CCc2ccsc2C12OCCO2)N1CCC(c2noc3cc(F)ccc23)CC1. The van der Waals surface area contributed by atoms with Crippen LogP contribution in [0.3, 0.4) is 0 Å². The largest absolute Gasteiger partial charge is 0.356 e. The molecule has 0 bridgehead atoms. The van der Waals surface area contributed by atoms with Crippen molar-refractivity contribution in [3.8, 4) is 0 Å². The highest BCUT2D eigenvalue weighted by Gasteiger charge is 2.51. The average Bonchev–Trinajstić information content (AvgIpc) is 3.56. The maximum absolute atomic E-state index is 13.4. The Bertz CT molecular complexity index is 1140. The van der Waals surface area contributed by atoms with Crippen LogP contribution in [-0.4, -0.2) is 42.3 Å². The average molecular weight is 457 g/mol. The van der Waals surface area contributed by atoms with Crippen molar-refractivity contribution in [1.29, 1.82) is 0 Å². The van der Waals surface area contributed by atoms with Crippen LogP contribution in [0.15, 0.2) is 34.2 Å². The lowest BCUT2D eigenvalue weighted by Crippen LogP contribution is -2.44. The topological polar surface area (TPSA) is 64.8 Å². The second kappa shape index (κ2) is 7.93. The van der Waals surface area contributed by atoms with Crippen molar-refractivity contribution in [3.05, 3.63) is 51.6 Å². The van der Waals surface area contributed by atoms with E-state index < -0.39 is 5.79 Å². The van der Waals surface area contributed by atoms with Gasteiger partial charge in [-0.15, -0.1) is 11.3 Å². The molecule has 168 valence electrons. The maximum atomic E-state index is 13.4. The Morgan fingerprint density at radius 2 is 2.00 bits per heavy atom. The van der Waals surface area contributed by atoms with Crippen LogP contribution in [0.25, 0.3) is 11.0 Å². The minimum Gasteiger partial charge on any atom is -0.356 e. The Balaban J connectivity index is 1.13. The molecule has 6 rings (SSSR count). The van der Waals surface area contributed by atoms with E-state index in [0.29, 0.717) is 38.3 Å². The number of halogens is 1. The molecule has 1 atom stereocenters. The number of hydrogen-bond donors (Lipinski definition) is 0. The number of carbonyl (C=O) groups excluding carboxylic acids is 1. The van der Waals surface area contributed by atoms with Crippen LogP contribution in [0.4, 0.5) is 4.39 Å². The molecule has 1 spiro atoms. The first-order valence-electron chi connectivity index (χ1n) is 11.3. The summed E-state index contributed by atoms with van der Waals surface area (Å²) in [7, 11) is 0. The van der Waals surface area contributed by atoms with Gasteiger partial charge in [0.25, 0.3) is 0 Å². The van der Waals surface area contributed by atoms with Crippen LogP contribution >= 0.6 is 11.3 Å². The van der Waals surface area contributed by atoms with Crippen molar-refractivity contribution in [2.24, 2.45) is 5.92 Å². The summed E-state index contributed by atoms with van der Waals surface area (Å²) in [5.41, 5.74) is 2.64. The van der Waals surface area contributed by atoms with Crippen LogP contribution in [0.5, 0.6) is 0 Å². The van der Waals surface area contributed by atoms with Gasteiger partial charge in [0, 0.05) is 42.8 Å². The molecule has 3 aromatic rings. The summed E-state index contributed by atoms with van der Waals surface area (Å²) in [5.74, 6) is -0.660. The summed E-state index contributed by atoms with van der Waals surface area (Å²) in [6, 6.07) is 6.69. The predicted octanol–water partition coefficient (Wildman–Crippen LogP) is 4.59. The van der Waals surface area contributed by atoms with Gasteiger partial charge in [-0.2, -0.15) is 0 Å². The number of piperidine rings is 1. The van der Waals surface area contributed by atoms with E-state index in [0.717, 1.165) is 41.6 Å². The van der Waals surface area contributed by atoms with Gasteiger partial charge in [-0.3, -0.25) is 4.79 Å². The number of ether oxygens (including phenoxy) is 2. The Labute approximate surface area is 189 Å². The molecular formula is C24H25FN2O4S. The van der Waals surface area contributed by atoms with Gasteiger partial charge in [0.05, 0.1) is 23.8 Å². The number of hydrogen-bond acceptors (Lipinski definition) is 6. The monoisotopic (exact) mass is 456 g/mol. The normalized spacial score (nSPS) is 23.2. The number of rotatable bonds is 3. The number of benzene rings is 1. The van der Waals surface area contributed by atoms with Gasteiger partial charge in [0.15, 0.2) is 5.58 Å². The zero-order valence-electron chi connectivity index (χ0n) is 17.7. The highest BCUT2D eigenvalue weighted by molar-refractivity contribution is 7.10. The predicted molar refractivity (Wildman–Crippen MR) is 117 cm³/mol. The molecule has 8 heteroatoms. The standard InChI is InChI=1S/C24H25FN2O4S/c25-18-3-4-19-20(14-18)31-26-22(19)15-5-8-27(9-6-15)21(28)13-17-2-1-16-7-12-32-23(16)24(17)29-10-11-30-24/h3-4,7,12,14-15,17H,1-2,5-6,8-11,13H2. The lowest BCUT2D eigenvalue weighted by molar-refractivity contribution is -0.211. The maximum Gasteiger partial charge on any atom is 0.223 e. The highest BCUT2D eigenvalue weighted by atomic mass is 32.1. The summed E-state index contributed by atoms with van der Waals surface area (Å²) < 4.78 is 31.1. The van der Waals surface area contributed by atoms with E-state index in [9.17, 15) is 9.18 Å². The lowest BCUT2D eigenvalue weighted by atomic mass is 9.81. The summed E-state index contributed by atoms with van der Waals surface area (Å²) in [4.78, 5) is 16.4. The molecule has 1 aromatic carbocycles. The number of carbonyl (C=O) groups is 1. The Hall–Kier alpha value is -2.29. The van der Waals surface area contributed by atoms with Crippen molar-refractivity contribution in [2.45, 2.75) is 43.8 Å². The smallest absolute Gasteiger partial charge is 0.223 e. The highest BCUT2D eigenvalue weighted by Crippen LogP contribution is 2.49. The van der Waals surface area contributed by atoms with Crippen LogP contribution in [0, 0.1) is 11.7 Å². The fraction of sp³-hybridized carbons (Fsp3) is 0.500. The molecule has 32 heavy (non-hydrogen) atoms. The third-order valence-corrected chi connectivity index (χ3v) is 8.25. The molecule has 0 radical (unpaired) electrons. The van der Waals surface area contributed by atoms with E-state index in [4.69, 9.17) is 14.0 Å². The number of aromatic nitrogens is 1. The van der Waals surface area contributed by atoms with Crippen LogP contribution in [0.1, 0.15) is 47.7 Å². The second-order valence-electron chi connectivity index (χ2n) is 8.94. The van der Waals surface area contributed by atoms with E-state index in [1.54, 1.807) is 17.4 Å². The van der Waals surface area contributed by atoms with E-state index in [1.807, 2.05) is 4.90 Å². The van der Waals surface area contributed by atoms with Crippen molar-refractivity contribution in [1.82, 2.24) is 10.1 Å². The molecule has 0 saturated carbocycles. The van der Waals surface area contributed by atoms with Gasteiger partial charge in [0.2, 0.25) is 11.7 Å². The lowest BCUT2D eigenvalue weighted by Gasteiger charge is -2.40. The van der Waals surface area contributed by atoms with Crippen molar-refractivity contribution in [3.63, 3.8) is 0 Å². The fourth-order valence-electron chi connectivity index (χ4n) is 5.54. The number of nitrogens with zero attached hydrogens (tertiary/aromatic N) is 2. The number of likely N-dealkylation sites (tertiary alicyclic amines) is 1. The van der Waals surface area contributed by atoms with Gasteiger partial charge in [-0.05, 0) is 54.8 Å². The van der Waals surface area contributed by atoms with E-state index in [-0.39, 0.29) is 23.6 Å². The third kappa shape index (κ3) is 3.27. The molecule has 2 saturated heterocycles. The third-order valence-electron chi connectivity index (χ3n) is 7.20. The van der Waals surface area contributed by atoms with Crippen LogP contribution in [-0.2, 0) is 26.5 Å². The van der Waals surface area contributed by atoms with E-state index in [2.05, 4.69) is 16.6 Å². The Morgan fingerprint density at radius 3 is 2.81 bits per heavy atom. The molecule has 2 fully saturated rings. The molecule has 2 aliphatic heterocycles. The quantitative estimate of drug-likeness (QED) is 0.577. The molecule has 0 N–H and O–H groups in total. The molecule has 1 amide bonds. The molecule has 1 aliphatic carbocycles. The van der Waals surface area contributed by atoms with Gasteiger partial charge in [-0.1, -0.05) is 5.16 Å². The molecular weight excluding hydrogens is 431 g/mol. The minimum atomic E-state index is -0.745. The number of fused-ring (bicyclic) bond motifs is 3. The van der Waals surface area contributed by atoms with Gasteiger partial charge in [0.1, 0.15) is 5.82 Å². The number of thiophene rings is 1.